The Labute approximate surface area is 199 Å². The van der Waals surface area contributed by atoms with Crippen molar-refractivity contribution in [3.05, 3.63) is 58.6 Å². The molecule has 1 saturated heterocycles. The van der Waals surface area contributed by atoms with E-state index in [2.05, 4.69) is 0 Å². The highest BCUT2D eigenvalue weighted by molar-refractivity contribution is 7.99. The molecule has 6 nitrogen and oxygen atoms in total. The Hall–Kier alpha value is -1.88. The fraction of sp³-hybridized carbons (Fsp3) is 0.409. The molecule has 2 aromatic carbocycles. The molecule has 2 aliphatic rings. The van der Waals surface area contributed by atoms with Gasteiger partial charge in [-0.25, -0.2) is 17.2 Å². The Kier molecular flexibility index (Phi) is 6.91. The molecular formula is C22H21ClF2O6S2. The van der Waals surface area contributed by atoms with Crippen LogP contribution in [0.4, 0.5) is 8.78 Å². The number of hydrogen-bond acceptors (Lipinski definition) is 6. The largest absolute Gasteiger partial charge is 0.490 e. The molecule has 2 aromatic rings. The number of halogens is 3. The highest BCUT2D eigenvalue weighted by Gasteiger charge is 2.61. The van der Waals surface area contributed by atoms with Gasteiger partial charge in [0.15, 0.2) is 21.4 Å². The van der Waals surface area contributed by atoms with Crippen molar-refractivity contribution in [3.63, 3.8) is 0 Å². The van der Waals surface area contributed by atoms with E-state index < -0.39 is 50.0 Å². The van der Waals surface area contributed by atoms with Gasteiger partial charge in [0.25, 0.3) is 0 Å². The van der Waals surface area contributed by atoms with Crippen LogP contribution in [-0.4, -0.2) is 50.3 Å². The standard InChI is InChI=1S/C22H21ClF2O6S2/c23-13-1-3-14(4-2-13)33(28,29)22-8-9-30-18(7-10-32-12-19(26)27)15(22)11-31-21-17(25)6-5-16(24)20(21)22/h1-6,15,18H,7-12H2,(H,26,27)/t15-,18-,22-/m0/s1. The first-order chi connectivity index (χ1) is 15.7. The lowest BCUT2D eigenvalue weighted by atomic mass is 9.75. The zero-order valence-corrected chi connectivity index (χ0v) is 19.7. The van der Waals surface area contributed by atoms with Crippen molar-refractivity contribution in [1.82, 2.24) is 0 Å². The van der Waals surface area contributed by atoms with Crippen LogP contribution < -0.4 is 4.74 Å². The van der Waals surface area contributed by atoms with Crippen molar-refractivity contribution in [2.75, 3.05) is 24.7 Å². The first-order valence-corrected chi connectivity index (χ1v) is 13.2. The Morgan fingerprint density at radius 1 is 1.18 bits per heavy atom. The molecule has 0 unspecified atom stereocenters. The van der Waals surface area contributed by atoms with Crippen LogP contribution in [0, 0.1) is 17.6 Å². The molecule has 178 valence electrons. The van der Waals surface area contributed by atoms with Crippen molar-refractivity contribution in [3.8, 4) is 5.75 Å². The van der Waals surface area contributed by atoms with E-state index in [0.29, 0.717) is 17.2 Å². The SMILES string of the molecule is O=C(O)CSCC[C@@H]1OCC[C@@]2(S(=O)(=O)c3ccc(Cl)cc3)c3c(F)ccc(F)c3OC[C@@H]12. The molecular weight excluding hydrogens is 498 g/mol. The van der Waals surface area contributed by atoms with Crippen molar-refractivity contribution >= 4 is 39.2 Å². The van der Waals surface area contributed by atoms with E-state index in [-0.39, 0.29) is 35.8 Å². The molecule has 0 radical (unpaired) electrons. The molecule has 2 aliphatic heterocycles. The van der Waals surface area contributed by atoms with Gasteiger partial charge in [0.2, 0.25) is 0 Å². The fourth-order valence-electron chi connectivity index (χ4n) is 4.69. The van der Waals surface area contributed by atoms with E-state index in [1.54, 1.807) is 0 Å². The monoisotopic (exact) mass is 518 g/mol. The lowest BCUT2D eigenvalue weighted by molar-refractivity contribution is -0.133. The molecule has 0 bridgehead atoms. The third kappa shape index (κ3) is 4.22. The predicted octanol–water partition coefficient (Wildman–Crippen LogP) is 4.29. The van der Waals surface area contributed by atoms with Crippen molar-refractivity contribution < 1.29 is 36.6 Å². The molecule has 0 spiro atoms. The third-order valence-electron chi connectivity index (χ3n) is 6.12. The summed E-state index contributed by atoms with van der Waals surface area (Å²) in [5.41, 5.74) is -0.319. The molecule has 0 amide bonds. The number of carboxylic acids is 1. The summed E-state index contributed by atoms with van der Waals surface area (Å²) in [5.74, 6) is -3.61. The van der Waals surface area contributed by atoms with Crippen molar-refractivity contribution in [2.24, 2.45) is 5.92 Å². The molecule has 0 aliphatic carbocycles. The van der Waals surface area contributed by atoms with E-state index in [1.165, 1.54) is 36.0 Å². The predicted molar refractivity (Wildman–Crippen MR) is 120 cm³/mol. The topological polar surface area (TPSA) is 89.9 Å². The number of ether oxygens (including phenoxy) is 2. The van der Waals surface area contributed by atoms with Gasteiger partial charge in [-0.15, -0.1) is 0 Å². The van der Waals surface area contributed by atoms with E-state index in [4.69, 9.17) is 26.2 Å². The van der Waals surface area contributed by atoms with Gasteiger partial charge in [0, 0.05) is 17.5 Å². The van der Waals surface area contributed by atoms with E-state index in [0.717, 1.165) is 12.1 Å². The summed E-state index contributed by atoms with van der Waals surface area (Å²) in [6.45, 7) is -0.179. The number of fused-ring (bicyclic) bond motifs is 3. The van der Waals surface area contributed by atoms with Crippen LogP contribution in [0.15, 0.2) is 41.3 Å². The van der Waals surface area contributed by atoms with Crippen LogP contribution >= 0.6 is 23.4 Å². The number of sulfone groups is 1. The number of rotatable bonds is 7. The third-order valence-corrected chi connectivity index (χ3v) is 9.91. The molecule has 3 atom stereocenters. The van der Waals surface area contributed by atoms with Gasteiger partial charge in [-0.3, -0.25) is 4.79 Å². The van der Waals surface area contributed by atoms with Crippen LogP contribution in [-0.2, 0) is 24.1 Å². The summed E-state index contributed by atoms with van der Waals surface area (Å²) < 4.78 is 67.8. The van der Waals surface area contributed by atoms with Crippen LogP contribution in [0.3, 0.4) is 0 Å². The van der Waals surface area contributed by atoms with E-state index in [1.807, 2.05) is 0 Å². The second kappa shape index (κ2) is 9.40. The minimum Gasteiger partial charge on any atom is -0.490 e. The molecule has 0 saturated carbocycles. The number of carboxylic acid groups (broad SMARTS) is 1. The average Bonchev–Trinajstić information content (AvgIpc) is 2.78. The molecule has 1 fully saturated rings. The smallest absolute Gasteiger partial charge is 0.313 e. The highest BCUT2D eigenvalue weighted by atomic mass is 35.5. The Morgan fingerprint density at radius 2 is 1.88 bits per heavy atom. The van der Waals surface area contributed by atoms with Crippen LogP contribution in [0.2, 0.25) is 5.02 Å². The number of carbonyl (C=O) groups is 1. The average molecular weight is 519 g/mol. The Bertz CT molecular complexity index is 1160. The van der Waals surface area contributed by atoms with Gasteiger partial charge in [0.1, 0.15) is 10.6 Å². The van der Waals surface area contributed by atoms with Crippen molar-refractivity contribution in [2.45, 2.75) is 28.6 Å². The van der Waals surface area contributed by atoms with Gasteiger partial charge in [-0.2, -0.15) is 11.8 Å². The maximum absolute atomic E-state index is 15.3. The maximum Gasteiger partial charge on any atom is 0.313 e. The lowest BCUT2D eigenvalue weighted by Gasteiger charge is -2.50. The van der Waals surface area contributed by atoms with Crippen LogP contribution in [0.1, 0.15) is 18.4 Å². The van der Waals surface area contributed by atoms with Gasteiger partial charge >= 0.3 is 5.97 Å². The molecule has 2 heterocycles. The highest BCUT2D eigenvalue weighted by Crippen LogP contribution is 2.56. The zero-order chi connectivity index (χ0) is 23.8. The normalized spacial score (nSPS) is 24.5. The van der Waals surface area contributed by atoms with Gasteiger partial charge in [-0.05, 0) is 55.0 Å². The number of benzene rings is 2. The zero-order valence-electron chi connectivity index (χ0n) is 17.3. The van der Waals surface area contributed by atoms with Crippen LogP contribution in [0.5, 0.6) is 5.75 Å². The summed E-state index contributed by atoms with van der Waals surface area (Å²) >= 11 is 7.11. The first kappa shape index (κ1) is 24.3. The summed E-state index contributed by atoms with van der Waals surface area (Å²) in [4.78, 5) is 10.7. The molecule has 0 aromatic heterocycles. The molecule has 4 rings (SSSR count). The molecule has 33 heavy (non-hydrogen) atoms. The summed E-state index contributed by atoms with van der Waals surface area (Å²) in [7, 11) is -4.26. The first-order valence-electron chi connectivity index (χ1n) is 10.2. The summed E-state index contributed by atoms with van der Waals surface area (Å²) in [5, 5.41) is 9.20. The minimum absolute atomic E-state index is 0.00692. The maximum atomic E-state index is 15.3. The molecule has 11 heteroatoms. The number of thioether (sulfide) groups is 1. The second-order valence-corrected chi connectivity index (χ2v) is 11.6. The van der Waals surface area contributed by atoms with Crippen LogP contribution in [0.25, 0.3) is 0 Å². The Balaban J connectivity index is 1.84. The minimum atomic E-state index is -4.26. The van der Waals surface area contributed by atoms with E-state index in [9.17, 15) is 17.6 Å². The fourth-order valence-corrected chi connectivity index (χ4v) is 7.88. The summed E-state index contributed by atoms with van der Waals surface area (Å²) in [6.07, 6.45) is -0.410. The van der Waals surface area contributed by atoms with Gasteiger partial charge in [-0.1, -0.05) is 11.6 Å². The van der Waals surface area contributed by atoms with E-state index >= 15 is 4.39 Å². The second-order valence-electron chi connectivity index (χ2n) is 7.89. The van der Waals surface area contributed by atoms with Gasteiger partial charge in [0.05, 0.1) is 28.9 Å². The molecule has 1 N–H and O–H groups in total. The van der Waals surface area contributed by atoms with Crippen molar-refractivity contribution in [1.29, 1.82) is 0 Å². The quantitative estimate of drug-likeness (QED) is 0.547. The lowest BCUT2D eigenvalue weighted by Crippen LogP contribution is -2.57. The number of hydrogen-bond donors (Lipinski definition) is 1. The number of aliphatic carboxylic acids is 1. The Morgan fingerprint density at radius 3 is 2.58 bits per heavy atom. The van der Waals surface area contributed by atoms with Gasteiger partial charge < -0.3 is 14.6 Å². The summed E-state index contributed by atoms with van der Waals surface area (Å²) in [6, 6.07) is 7.39.